The van der Waals surface area contributed by atoms with Gasteiger partial charge in [-0.1, -0.05) is 36.0 Å². The Kier molecular flexibility index (Phi) is 7.77. The minimum absolute atomic E-state index is 0.0305. The van der Waals surface area contributed by atoms with E-state index in [0.29, 0.717) is 0 Å². The summed E-state index contributed by atoms with van der Waals surface area (Å²) in [6, 6.07) is 12.2. The van der Waals surface area contributed by atoms with E-state index in [1.165, 1.54) is 23.1 Å². The summed E-state index contributed by atoms with van der Waals surface area (Å²) in [6.07, 6.45) is 3.78. The van der Waals surface area contributed by atoms with E-state index in [9.17, 15) is 8.42 Å². The van der Waals surface area contributed by atoms with Crippen LogP contribution in [-0.4, -0.2) is 41.0 Å². The zero-order valence-electron chi connectivity index (χ0n) is 20.1. The molecule has 1 heterocycles. The number of methoxy groups -OCH3 is 1. The van der Waals surface area contributed by atoms with Gasteiger partial charge < -0.3 is 20.1 Å². The van der Waals surface area contributed by atoms with Gasteiger partial charge in [-0.15, -0.1) is 0 Å². The fraction of sp³-hybridized carbons (Fsp3) is 0.440. The standard InChI is InChI=1S/C25H33N3O4S2/c1-16(2)32-23-11-8-17(14-22(23)26-3)25-27-15-24(33-25)20-7-5-6-19-18(20)9-10-21(19)28-34(29,30)13-12-31-4/h5-8,11,14-16,21,25-28H,9-10,12-13H2,1-4H3. The van der Waals surface area contributed by atoms with Gasteiger partial charge in [0.05, 0.1) is 24.2 Å². The molecule has 0 amide bonds. The van der Waals surface area contributed by atoms with Crippen LogP contribution in [0.1, 0.15) is 53.9 Å². The van der Waals surface area contributed by atoms with Gasteiger partial charge in [-0.3, -0.25) is 0 Å². The molecule has 1 aliphatic carbocycles. The van der Waals surface area contributed by atoms with Gasteiger partial charge in [0.1, 0.15) is 11.1 Å². The zero-order chi connectivity index (χ0) is 24.3. The van der Waals surface area contributed by atoms with Crippen molar-refractivity contribution in [1.29, 1.82) is 0 Å². The minimum Gasteiger partial charge on any atom is -0.489 e. The molecule has 34 heavy (non-hydrogen) atoms. The van der Waals surface area contributed by atoms with Crippen LogP contribution in [0.15, 0.2) is 42.6 Å². The first-order valence-electron chi connectivity index (χ1n) is 11.5. The number of thioether (sulfide) groups is 1. The van der Waals surface area contributed by atoms with Crippen molar-refractivity contribution in [2.45, 2.75) is 44.2 Å². The quantitative estimate of drug-likeness (QED) is 0.443. The Morgan fingerprint density at radius 3 is 2.79 bits per heavy atom. The maximum absolute atomic E-state index is 12.4. The zero-order valence-corrected chi connectivity index (χ0v) is 21.7. The van der Waals surface area contributed by atoms with Crippen LogP contribution in [0.25, 0.3) is 4.91 Å². The number of rotatable bonds is 10. The summed E-state index contributed by atoms with van der Waals surface area (Å²) in [6.45, 7) is 4.22. The molecule has 0 bridgehead atoms. The Morgan fingerprint density at radius 2 is 2.06 bits per heavy atom. The third kappa shape index (κ3) is 5.54. The van der Waals surface area contributed by atoms with Gasteiger partial charge in [0.25, 0.3) is 0 Å². The van der Waals surface area contributed by atoms with Crippen molar-refractivity contribution < 1.29 is 17.9 Å². The number of hydrogen-bond donors (Lipinski definition) is 3. The molecule has 184 valence electrons. The highest BCUT2D eigenvalue weighted by atomic mass is 32.2. The predicted molar refractivity (Wildman–Crippen MR) is 139 cm³/mol. The second kappa shape index (κ2) is 10.6. The van der Waals surface area contributed by atoms with Gasteiger partial charge in [0.15, 0.2) is 0 Å². The van der Waals surface area contributed by atoms with Gasteiger partial charge >= 0.3 is 0 Å². The lowest BCUT2D eigenvalue weighted by Crippen LogP contribution is -2.31. The van der Waals surface area contributed by atoms with Gasteiger partial charge in [-0.2, -0.15) is 0 Å². The molecule has 0 aromatic heterocycles. The van der Waals surface area contributed by atoms with E-state index in [1.54, 1.807) is 11.8 Å². The van der Waals surface area contributed by atoms with E-state index < -0.39 is 10.0 Å². The molecule has 2 aromatic rings. The molecule has 0 radical (unpaired) electrons. The number of ether oxygens (including phenoxy) is 2. The van der Waals surface area contributed by atoms with Crippen molar-refractivity contribution in [1.82, 2.24) is 10.0 Å². The number of fused-ring (bicyclic) bond motifs is 1. The SMILES string of the molecule is CNc1cc(C2NC=C(c3cccc4c3CCC4NS(=O)(=O)CCOC)S2)ccc1OC(C)C. The summed E-state index contributed by atoms with van der Waals surface area (Å²) >= 11 is 1.77. The summed E-state index contributed by atoms with van der Waals surface area (Å²) < 4.78 is 38.5. The van der Waals surface area contributed by atoms with Crippen LogP contribution in [0.4, 0.5) is 5.69 Å². The monoisotopic (exact) mass is 503 g/mol. The lowest BCUT2D eigenvalue weighted by molar-refractivity contribution is 0.216. The third-order valence-electron chi connectivity index (χ3n) is 5.96. The van der Waals surface area contributed by atoms with Crippen LogP contribution in [0.3, 0.4) is 0 Å². The first kappa shape index (κ1) is 24.9. The number of benzene rings is 2. The van der Waals surface area contributed by atoms with E-state index in [-0.39, 0.29) is 29.9 Å². The lowest BCUT2D eigenvalue weighted by Gasteiger charge is -2.18. The van der Waals surface area contributed by atoms with Crippen LogP contribution in [-0.2, 0) is 21.2 Å². The van der Waals surface area contributed by atoms with Gasteiger partial charge in [-0.25, -0.2) is 13.1 Å². The highest BCUT2D eigenvalue weighted by Gasteiger charge is 2.30. The summed E-state index contributed by atoms with van der Waals surface area (Å²) in [5.41, 5.74) is 5.58. The maximum atomic E-state index is 12.4. The summed E-state index contributed by atoms with van der Waals surface area (Å²) in [5, 5.41) is 6.83. The van der Waals surface area contributed by atoms with E-state index in [0.717, 1.165) is 35.4 Å². The molecule has 1 aliphatic heterocycles. The fourth-order valence-electron chi connectivity index (χ4n) is 4.39. The summed E-state index contributed by atoms with van der Waals surface area (Å²) in [7, 11) is 0.0216. The van der Waals surface area contributed by atoms with Crippen LogP contribution >= 0.6 is 11.8 Å². The Labute approximate surface area is 206 Å². The maximum Gasteiger partial charge on any atom is 0.214 e. The molecular formula is C25H33N3O4S2. The Morgan fingerprint density at radius 1 is 1.24 bits per heavy atom. The van der Waals surface area contributed by atoms with Gasteiger partial charge in [0.2, 0.25) is 10.0 Å². The van der Waals surface area contributed by atoms with Crippen LogP contribution in [0, 0.1) is 0 Å². The average Bonchev–Trinajstić information content (AvgIpc) is 3.45. The highest BCUT2D eigenvalue weighted by Crippen LogP contribution is 2.47. The normalized spacial score (nSPS) is 19.6. The molecule has 4 rings (SSSR count). The molecule has 2 atom stereocenters. The molecular weight excluding hydrogens is 470 g/mol. The van der Waals surface area contributed by atoms with Crippen molar-refractivity contribution in [2.75, 3.05) is 31.8 Å². The highest BCUT2D eigenvalue weighted by molar-refractivity contribution is 8.08. The predicted octanol–water partition coefficient (Wildman–Crippen LogP) is 4.40. The second-order valence-corrected chi connectivity index (χ2v) is 11.8. The number of hydrogen-bond acceptors (Lipinski definition) is 7. The third-order valence-corrected chi connectivity index (χ3v) is 8.55. The smallest absolute Gasteiger partial charge is 0.214 e. The lowest BCUT2D eigenvalue weighted by atomic mass is 10.0. The Bertz CT molecular complexity index is 1160. The largest absolute Gasteiger partial charge is 0.489 e. The molecule has 2 aromatic carbocycles. The average molecular weight is 504 g/mol. The van der Waals surface area contributed by atoms with Crippen LogP contribution in [0.5, 0.6) is 5.75 Å². The number of anilines is 1. The van der Waals surface area contributed by atoms with Gasteiger partial charge in [-0.05, 0) is 61.1 Å². The topological polar surface area (TPSA) is 88.7 Å². The first-order valence-corrected chi connectivity index (χ1v) is 14.1. The van der Waals surface area contributed by atoms with Crippen LogP contribution < -0.4 is 20.1 Å². The van der Waals surface area contributed by atoms with E-state index >= 15 is 0 Å². The van der Waals surface area contributed by atoms with Crippen molar-refractivity contribution in [2.24, 2.45) is 0 Å². The second-order valence-electron chi connectivity index (χ2n) is 8.74. The van der Waals surface area contributed by atoms with E-state index in [2.05, 4.69) is 39.8 Å². The summed E-state index contributed by atoms with van der Waals surface area (Å²) in [4.78, 5) is 1.17. The number of sulfonamides is 1. The summed E-state index contributed by atoms with van der Waals surface area (Å²) in [5.74, 6) is 0.814. The first-order chi connectivity index (χ1) is 16.3. The molecule has 9 heteroatoms. The molecule has 2 aliphatic rings. The molecule has 7 nitrogen and oxygen atoms in total. The van der Waals surface area contributed by atoms with E-state index in [4.69, 9.17) is 9.47 Å². The molecule has 0 saturated heterocycles. The Hall–Kier alpha value is -2.20. The minimum atomic E-state index is -3.39. The molecule has 3 N–H and O–H groups in total. The molecule has 0 spiro atoms. The van der Waals surface area contributed by atoms with E-state index in [1.807, 2.05) is 39.1 Å². The van der Waals surface area contributed by atoms with Gasteiger partial charge in [0, 0.05) is 31.3 Å². The van der Waals surface area contributed by atoms with Crippen molar-refractivity contribution in [3.05, 3.63) is 64.9 Å². The Balaban J connectivity index is 1.50. The van der Waals surface area contributed by atoms with Crippen molar-refractivity contribution >= 4 is 32.4 Å². The molecule has 0 saturated carbocycles. The molecule has 0 fully saturated rings. The van der Waals surface area contributed by atoms with Crippen molar-refractivity contribution in [3.63, 3.8) is 0 Å². The van der Waals surface area contributed by atoms with Crippen molar-refractivity contribution in [3.8, 4) is 5.75 Å². The fourth-order valence-corrected chi connectivity index (χ4v) is 6.70. The van der Waals surface area contributed by atoms with Crippen LogP contribution in [0.2, 0.25) is 0 Å². The number of nitrogens with one attached hydrogen (secondary N) is 3. The molecule has 2 unspecified atom stereocenters.